The van der Waals surface area contributed by atoms with Gasteiger partial charge in [0, 0.05) is 18.3 Å². The molecule has 2 aromatic heterocycles. The van der Waals surface area contributed by atoms with E-state index < -0.39 is 11.7 Å². The molecule has 35 heavy (non-hydrogen) atoms. The third kappa shape index (κ3) is 5.34. The first-order valence-corrected chi connectivity index (χ1v) is 10.9. The van der Waals surface area contributed by atoms with Gasteiger partial charge in [0.25, 0.3) is 0 Å². The number of nitriles is 1. The number of carbonyl (C=O) groups is 1. The summed E-state index contributed by atoms with van der Waals surface area (Å²) >= 11 is 0. The van der Waals surface area contributed by atoms with Crippen molar-refractivity contribution in [3.63, 3.8) is 0 Å². The quantitative estimate of drug-likeness (QED) is 0.333. The summed E-state index contributed by atoms with van der Waals surface area (Å²) < 4.78 is 25.2. The maximum atomic E-state index is 13.6. The SMILES string of the molecule is C=CCNc1nccc(-c2[nH]c(C3OCC(C)(C(=O)NCC#N)CO3)nc2-c2ccc(F)cc2)n1. The van der Waals surface area contributed by atoms with Gasteiger partial charge in [0.2, 0.25) is 18.1 Å². The molecule has 0 aliphatic carbocycles. The van der Waals surface area contributed by atoms with E-state index in [1.54, 1.807) is 37.4 Å². The molecular weight excluding hydrogens is 453 g/mol. The molecule has 10 nitrogen and oxygen atoms in total. The summed E-state index contributed by atoms with van der Waals surface area (Å²) in [6, 6.07) is 9.54. The lowest BCUT2D eigenvalue weighted by molar-refractivity contribution is -0.230. The second kappa shape index (κ2) is 10.4. The lowest BCUT2D eigenvalue weighted by atomic mass is 9.91. The van der Waals surface area contributed by atoms with Crippen LogP contribution in [0.15, 0.2) is 49.2 Å². The van der Waals surface area contributed by atoms with Crippen LogP contribution in [0.4, 0.5) is 10.3 Å². The highest BCUT2D eigenvalue weighted by Gasteiger charge is 2.40. The largest absolute Gasteiger partial charge is 0.351 e. The summed E-state index contributed by atoms with van der Waals surface area (Å²) in [6.07, 6.45) is 2.45. The van der Waals surface area contributed by atoms with Gasteiger partial charge in [0.15, 0.2) is 5.82 Å². The fourth-order valence-corrected chi connectivity index (χ4v) is 3.48. The van der Waals surface area contributed by atoms with E-state index in [0.717, 1.165) is 0 Å². The zero-order chi connectivity index (χ0) is 24.8. The van der Waals surface area contributed by atoms with Gasteiger partial charge < -0.3 is 25.1 Å². The first-order valence-electron chi connectivity index (χ1n) is 10.9. The van der Waals surface area contributed by atoms with Crippen LogP contribution in [0.3, 0.4) is 0 Å². The summed E-state index contributed by atoms with van der Waals surface area (Å²) in [7, 11) is 0. The number of aromatic nitrogens is 4. The van der Waals surface area contributed by atoms with Crippen molar-refractivity contribution < 1.29 is 18.7 Å². The van der Waals surface area contributed by atoms with E-state index in [9.17, 15) is 9.18 Å². The number of nitrogens with one attached hydrogen (secondary N) is 3. The molecular formula is C24H24FN7O3. The maximum Gasteiger partial charge on any atom is 0.231 e. The van der Waals surface area contributed by atoms with Crippen LogP contribution in [0, 0.1) is 22.6 Å². The molecule has 0 bridgehead atoms. The molecule has 1 fully saturated rings. The number of hydrogen-bond donors (Lipinski definition) is 3. The fraction of sp³-hybridized carbons (Fsp3) is 0.292. The van der Waals surface area contributed by atoms with Crippen molar-refractivity contribution in [1.29, 1.82) is 5.26 Å². The zero-order valence-corrected chi connectivity index (χ0v) is 19.0. The molecule has 1 amide bonds. The molecule has 0 spiro atoms. The minimum Gasteiger partial charge on any atom is -0.351 e. The Morgan fingerprint density at radius 1 is 1.31 bits per heavy atom. The predicted octanol–water partition coefficient (Wildman–Crippen LogP) is 2.96. The molecule has 0 atom stereocenters. The van der Waals surface area contributed by atoms with E-state index in [0.29, 0.717) is 41.0 Å². The molecule has 0 unspecified atom stereocenters. The Bertz CT molecular complexity index is 1240. The van der Waals surface area contributed by atoms with Gasteiger partial charge in [-0.15, -0.1) is 6.58 Å². The van der Waals surface area contributed by atoms with Gasteiger partial charge in [-0.3, -0.25) is 4.79 Å². The average Bonchev–Trinajstić information content (AvgIpc) is 3.32. The lowest BCUT2D eigenvalue weighted by Crippen LogP contribution is -2.48. The smallest absolute Gasteiger partial charge is 0.231 e. The Morgan fingerprint density at radius 3 is 2.74 bits per heavy atom. The van der Waals surface area contributed by atoms with Crippen molar-refractivity contribution in [2.75, 3.05) is 31.6 Å². The van der Waals surface area contributed by atoms with Crippen LogP contribution in [-0.4, -0.2) is 52.1 Å². The Hall–Kier alpha value is -4.14. The van der Waals surface area contributed by atoms with Crippen LogP contribution in [0.2, 0.25) is 0 Å². The van der Waals surface area contributed by atoms with Crippen LogP contribution in [0.1, 0.15) is 19.0 Å². The van der Waals surface area contributed by atoms with E-state index in [1.165, 1.54) is 12.1 Å². The summed E-state index contributed by atoms with van der Waals surface area (Å²) in [5.41, 5.74) is 1.38. The number of aromatic amines is 1. The summed E-state index contributed by atoms with van der Waals surface area (Å²) in [6.45, 7) is 5.91. The molecule has 3 aromatic rings. The Balaban J connectivity index is 1.64. The first kappa shape index (κ1) is 24.0. The van der Waals surface area contributed by atoms with E-state index in [4.69, 9.17) is 14.7 Å². The topological polar surface area (TPSA) is 138 Å². The van der Waals surface area contributed by atoms with Gasteiger partial charge in [0.05, 0.1) is 41.8 Å². The monoisotopic (exact) mass is 477 g/mol. The van der Waals surface area contributed by atoms with Crippen molar-refractivity contribution in [1.82, 2.24) is 25.3 Å². The lowest BCUT2D eigenvalue weighted by Gasteiger charge is -2.35. The van der Waals surface area contributed by atoms with E-state index in [1.807, 2.05) is 6.07 Å². The van der Waals surface area contributed by atoms with Crippen LogP contribution in [-0.2, 0) is 14.3 Å². The minimum absolute atomic E-state index is 0.0694. The van der Waals surface area contributed by atoms with Crippen molar-refractivity contribution >= 4 is 11.9 Å². The minimum atomic E-state index is -0.944. The van der Waals surface area contributed by atoms with Gasteiger partial charge in [0.1, 0.15) is 12.4 Å². The summed E-state index contributed by atoms with van der Waals surface area (Å²) in [4.78, 5) is 29.0. The van der Waals surface area contributed by atoms with Crippen molar-refractivity contribution in [2.24, 2.45) is 5.41 Å². The molecule has 4 rings (SSSR count). The number of anilines is 1. The Kier molecular flexibility index (Phi) is 7.14. The molecule has 180 valence electrons. The Morgan fingerprint density at radius 2 is 2.06 bits per heavy atom. The molecule has 0 saturated carbocycles. The van der Waals surface area contributed by atoms with Crippen LogP contribution >= 0.6 is 0 Å². The van der Waals surface area contributed by atoms with Gasteiger partial charge in [-0.1, -0.05) is 6.08 Å². The third-order valence-electron chi connectivity index (χ3n) is 5.36. The number of amides is 1. The number of hydrogen-bond acceptors (Lipinski definition) is 8. The zero-order valence-electron chi connectivity index (χ0n) is 19.0. The van der Waals surface area contributed by atoms with Crippen LogP contribution in [0.25, 0.3) is 22.6 Å². The highest BCUT2D eigenvalue weighted by molar-refractivity contribution is 5.83. The number of carbonyl (C=O) groups excluding carboxylic acids is 1. The molecule has 3 heterocycles. The number of rotatable bonds is 8. The van der Waals surface area contributed by atoms with E-state index >= 15 is 0 Å². The van der Waals surface area contributed by atoms with Crippen molar-refractivity contribution in [3.05, 3.63) is 60.8 Å². The van der Waals surface area contributed by atoms with Crippen molar-refractivity contribution in [2.45, 2.75) is 13.2 Å². The Labute approximate surface area is 201 Å². The van der Waals surface area contributed by atoms with Gasteiger partial charge >= 0.3 is 0 Å². The second-order valence-corrected chi connectivity index (χ2v) is 8.14. The van der Waals surface area contributed by atoms with Crippen LogP contribution in [0.5, 0.6) is 0 Å². The molecule has 1 aliphatic rings. The van der Waals surface area contributed by atoms with Gasteiger partial charge in [-0.2, -0.15) is 5.26 Å². The number of nitrogens with zero attached hydrogens (tertiary/aromatic N) is 4. The summed E-state index contributed by atoms with van der Waals surface area (Å²) in [5, 5.41) is 14.3. The van der Waals surface area contributed by atoms with Crippen LogP contribution < -0.4 is 10.6 Å². The number of H-pyrrole nitrogens is 1. The van der Waals surface area contributed by atoms with E-state index in [2.05, 4.69) is 37.1 Å². The number of halogens is 1. The molecule has 1 aromatic carbocycles. The maximum absolute atomic E-state index is 13.6. The highest BCUT2D eigenvalue weighted by atomic mass is 19.1. The predicted molar refractivity (Wildman–Crippen MR) is 125 cm³/mol. The number of ether oxygens (including phenoxy) is 2. The number of imidazole rings is 1. The molecule has 3 N–H and O–H groups in total. The van der Waals surface area contributed by atoms with Gasteiger partial charge in [-0.25, -0.2) is 19.3 Å². The third-order valence-corrected chi connectivity index (χ3v) is 5.36. The first-order chi connectivity index (χ1) is 16.9. The average molecular weight is 478 g/mol. The summed E-state index contributed by atoms with van der Waals surface area (Å²) in [5.74, 6) is 0.0908. The van der Waals surface area contributed by atoms with E-state index in [-0.39, 0.29) is 31.5 Å². The van der Waals surface area contributed by atoms with Gasteiger partial charge in [-0.05, 0) is 37.3 Å². The molecule has 1 saturated heterocycles. The normalized spacial score (nSPS) is 19.5. The fourth-order valence-electron chi connectivity index (χ4n) is 3.48. The highest BCUT2D eigenvalue weighted by Crippen LogP contribution is 2.35. The second-order valence-electron chi connectivity index (χ2n) is 8.14. The van der Waals surface area contributed by atoms with Crippen molar-refractivity contribution in [3.8, 4) is 28.7 Å². The molecule has 11 heteroatoms. The standard InChI is InChI=1S/C24H24FN7O3/c1-3-10-28-23-29-11-8-17(30-23)19-18(15-4-6-16(25)7-5-15)31-20(32-19)21-34-13-24(2,14-35-21)22(33)27-12-9-26/h3-8,11,21H,1,10,12-14H2,2H3,(H,27,33)(H,31,32)(H,28,29,30). The number of benzene rings is 1. The molecule has 1 aliphatic heterocycles. The molecule has 0 radical (unpaired) electrons.